The van der Waals surface area contributed by atoms with Gasteiger partial charge in [-0.1, -0.05) is 13.8 Å². The number of hydrogen-bond donors (Lipinski definition) is 2. The fourth-order valence-electron chi connectivity index (χ4n) is 1.97. The first-order valence-corrected chi connectivity index (χ1v) is 6.10. The Morgan fingerprint density at radius 1 is 1.33 bits per heavy atom. The van der Waals surface area contributed by atoms with E-state index >= 15 is 0 Å². The lowest BCUT2D eigenvalue weighted by Crippen LogP contribution is -2.49. The molecule has 1 fully saturated rings. The molecule has 0 aromatic carbocycles. The van der Waals surface area contributed by atoms with Crippen LogP contribution < -0.4 is 11.1 Å². The van der Waals surface area contributed by atoms with Gasteiger partial charge in [-0.15, -0.1) is 0 Å². The average molecular weight is 214 g/mol. The topological polar surface area (TPSA) is 47.3 Å². The minimum absolute atomic E-state index is 0.264. The molecular weight excluding hydrogens is 188 g/mol. The molecule has 1 aliphatic heterocycles. The van der Waals surface area contributed by atoms with Gasteiger partial charge in [0.05, 0.1) is 0 Å². The molecular formula is C12H26N2O. The van der Waals surface area contributed by atoms with Crippen LogP contribution in [0.15, 0.2) is 0 Å². The van der Waals surface area contributed by atoms with E-state index in [1.807, 2.05) is 0 Å². The van der Waals surface area contributed by atoms with E-state index in [1.54, 1.807) is 0 Å². The molecule has 1 unspecified atom stereocenters. The first-order valence-electron chi connectivity index (χ1n) is 6.10. The third-order valence-corrected chi connectivity index (χ3v) is 3.63. The van der Waals surface area contributed by atoms with E-state index in [1.165, 1.54) is 0 Å². The van der Waals surface area contributed by atoms with Crippen LogP contribution in [-0.4, -0.2) is 31.8 Å². The first kappa shape index (κ1) is 12.9. The van der Waals surface area contributed by atoms with Crippen molar-refractivity contribution in [2.24, 2.45) is 17.6 Å². The molecule has 3 N–H and O–H groups in total. The highest BCUT2D eigenvalue weighted by Gasteiger charge is 2.27. The summed E-state index contributed by atoms with van der Waals surface area (Å²) in [5.41, 5.74) is 6.03. The second kappa shape index (κ2) is 5.83. The Kier molecular flexibility index (Phi) is 5.03. The lowest BCUT2D eigenvalue weighted by atomic mass is 9.90. The van der Waals surface area contributed by atoms with Gasteiger partial charge in [0, 0.05) is 18.8 Å². The van der Waals surface area contributed by atoms with E-state index in [0.29, 0.717) is 11.8 Å². The number of rotatable bonds is 5. The van der Waals surface area contributed by atoms with Gasteiger partial charge >= 0.3 is 0 Å². The summed E-state index contributed by atoms with van der Waals surface area (Å²) in [5, 5.41) is 3.67. The summed E-state index contributed by atoms with van der Waals surface area (Å²) in [6.45, 7) is 10.4. The number of nitrogens with one attached hydrogen (secondary N) is 1. The zero-order valence-corrected chi connectivity index (χ0v) is 10.4. The van der Waals surface area contributed by atoms with Gasteiger partial charge < -0.3 is 15.8 Å². The molecule has 1 aliphatic rings. The largest absolute Gasteiger partial charge is 0.381 e. The molecule has 3 nitrogen and oxygen atoms in total. The van der Waals surface area contributed by atoms with Gasteiger partial charge in [0.15, 0.2) is 0 Å². The Balaban J connectivity index is 2.33. The Labute approximate surface area is 93.8 Å². The highest BCUT2D eigenvalue weighted by Crippen LogP contribution is 2.20. The van der Waals surface area contributed by atoms with Crippen molar-refractivity contribution in [1.82, 2.24) is 5.32 Å². The zero-order valence-electron chi connectivity index (χ0n) is 10.4. The first-order chi connectivity index (χ1) is 7.07. The predicted octanol–water partition coefficient (Wildman–Crippen LogP) is 1.38. The van der Waals surface area contributed by atoms with Crippen LogP contribution in [0.2, 0.25) is 0 Å². The maximum absolute atomic E-state index is 5.77. The second-order valence-corrected chi connectivity index (χ2v) is 5.29. The van der Waals surface area contributed by atoms with Crippen molar-refractivity contribution < 1.29 is 4.74 Å². The molecule has 0 amide bonds. The van der Waals surface area contributed by atoms with Gasteiger partial charge in [0.25, 0.3) is 0 Å². The Morgan fingerprint density at radius 3 is 2.40 bits per heavy atom. The highest BCUT2D eigenvalue weighted by molar-refractivity contribution is 4.86. The van der Waals surface area contributed by atoms with Gasteiger partial charge in [-0.3, -0.25) is 0 Å². The Hall–Kier alpha value is -0.120. The fraction of sp³-hybridized carbons (Fsp3) is 1.00. The van der Waals surface area contributed by atoms with E-state index < -0.39 is 0 Å². The smallest absolute Gasteiger partial charge is 0.0483 e. The van der Waals surface area contributed by atoms with Crippen molar-refractivity contribution in [2.75, 3.05) is 26.3 Å². The van der Waals surface area contributed by atoms with Crippen molar-refractivity contribution in [3.8, 4) is 0 Å². The second-order valence-electron chi connectivity index (χ2n) is 5.29. The lowest BCUT2D eigenvalue weighted by Gasteiger charge is -2.36. The summed E-state index contributed by atoms with van der Waals surface area (Å²) >= 11 is 0. The van der Waals surface area contributed by atoms with Gasteiger partial charge in [-0.25, -0.2) is 0 Å². The van der Waals surface area contributed by atoms with Gasteiger partial charge in [-0.2, -0.15) is 0 Å². The summed E-state index contributed by atoms with van der Waals surface area (Å²) in [7, 11) is 0. The minimum atomic E-state index is 0.264. The molecule has 1 atom stereocenters. The molecule has 3 heteroatoms. The molecule has 0 aromatic heterocycles. The van der Waals surface area contributed by atoms with Crippen LogP contribution in [0.4, 0.5) is 0 Å². The van der Waals surface area contributed by atoms with Crippen molar-refractivity contribution in [1.29, 1.82) is 0 Å². The van der Waals surface area contributed by atoms with Gasteiger partial charge in [0.2, 0.25) is 0 Å². The maximum atomic E-state index is 5.77. The van der Waals surface area contributed by atoms with E-state index in [-0.39, 0.29) is 5.54 Å². The standard InChI is InChI=1S/C12H26N2O/c1-10(2)11(8-13)9-14-12(3)4-6-15-7-5-12/h10-11,14H,4-9,13H2,1-3H3. The zero-order chi connectivity index (χ0) is 11.3. The summed E-state index contributed by atoms with van der Waals surface area (Å²) < 4.78 is 5.38. The van der Waals surface area contributed by atoms with E-state index in [0.717, 1.165) is 39.1 Å². The summed E-state index contributed by atoms with van der Waals surface area (Å²) in [5.74, 6) is 1.25. The fourth-order valence-corrected chi connectivity index (χ4v) is 1.97. The lowest BCUT2D eigenvalue weighted by molar-refractivity contribution is 0.0430. The van der Waals surface area contributed by atoms with Crippen molar-refractivity contribution in [2.45, 2.75) is 39.2 Å². The van der Waals surface area contributed by atoms with Crippen LogP contribution in [0.5, 0.6) is 0 Å². The predicted molar refractivity (Wildman–Crippen MR) is 63.8 cm³/mol. The van der Waals surface area contributed by atoms with Gasteiger partial charge in [0.1, 0.15) is 0 Å². The summed E-state index contributed by atoms with van der Waals surface area (Å²) in [4.78, 5) is 0. The molecule has 0 spiro atoms. The van der Waals surface area contributed by atoms with Crippen molar-refractivity contribution in [3.05, 3.63) is 0 Å². The van der Waals surface area contributed by atoms with Crippen LogP contribution in [0.25, 0.3) is 0 Å². The van der Waals surface area contributed by atoms with Crippen molar-refractivity contribution in [3.63, 3.8) is 0 Å². The molecule has 90 valence electrons. The Bertz CT molecular complexity index is 176. The van der Waals surface area contributed by atoms with Gasteiger partial charge in [-0.05, 0) is 44.7 Å². The minimum Gasteiger partial charge on any atom is -0.381 e. The Morgan fingerprint density at radius 2 is 1.93 bits per heavy atom. The highest BCUT2D eigenvalue weighted by atomic mass is 16.5. The molecule has 1 saturated heterocycles. The normalized spacial score (nSPS) is 23.0. The molecule has 0 bridgehead atoms. The third-order valence-electron chi connectivity index (χ3n) is 3.63. The SMILES string of the molecule is CC(C)C(CN)CNC1(C)CCOCC1. The molecule has 0 radical (unpaired) electrons. The molecule has 1 heterocycles. The average Bonchev–Trinajstić information content (AvgIpc) is 2.19. The molecule has 0 aromatic rings. The van der Waals surface area contributed by atoms with Crippen molar-refractivity contribution >= 4 is 0 Å². The maximum Gasteiger partial charge on any atom is 0.0483 e. The van der Waals surface area contributed by atoms with Crippen LogP contribution in [0.3, 0.4) is 0 Å². The number of hydrogen-bond acceptors (Lipinski definition) is 3. The van der Waals surface area contributed by atoms with Crippen LogP contribution >= 0.6 is 0 Å². The molecule has 0 saturated carbocycles. The van der Waals surface area contributed by atoms with E-state index in [4.69, 9.17) is 10.5 Å². The molecule has 1 rings (SSSR count). The third kappa shape index (κ3) is 4.09. The number of nitrogens with two attached hydrogens (primary N) is 1. The molecule has 0 aliphatic carbocycles. The van der Waals surface area contributed by atoms with Crippen LogP contribution in [0, 0.1) is 11.8 Å². The van der Waals surface area contributed by atoms with Crippen LogP contribution in [-0.2, 0) is 4.74 Å². The number of ether oxygens (including phenoxy) is 1. The summed E-state index contributed by atoms with van der Waals surface area (Å²) in [6, 6.07) is 0. The molecule has 15 heavy (non-hydrogen) atoms. The van der Waals surface area contributed by atoms with E-state index in [9.17, 15) is 0 Å². The van der Waals surface area contributed by atoms with Crippen LogP contribution in [0.1, 0.15) is 33.6 Å². The van der Waals surface area contributed by atoms with E-state index in [2.05, 4.69) is 26.1 Å². The monoisotopic (exact) mass is 214 g/mol. The quantitative estimate of drug-likeness (QED) is 0.727. The summed E-state index contributed by atoms with van der Waals surface area (Å²) in [6.07, 6.45) is 2.23.